The number of nitrogens with one attached hydrogen (secondary N) is 1. The van der Waals surface area contributed by atoms with Gasteiger partial charge in [0, 0.05) is 19.6 Å². The standard InChI is InChI=1S/C21H30N2O5S/c1-3-23(4-2)29(26,27)19-12-10-18(11-13-19)21(25)28-16-20(24)22-15-14-17-8-6-5-7-9-17/h8,10-13H,3-7,9,14-16H2,1-2H3,(H,22,24). The predicted octanol–water partition coefficient (Wildman–Crippen LogP) is 2.88. The van der Waals surface area contributed by atoms with Crippen LogP contribution in [0.3, 0.4) is 0 Å². The maximum Gasteiger partial charge on any atom is 0.338 e. The number of amides is 1. The molecule has 0 unspecified atom stereocenters. The third-order valence-corrected chi connectivity index (χ3v) is 6.98. The van der Waals surface area contributed by atoms with E-state index in [1.807, 2.05) is 0 Å². The normalized spacial score (nSPS) is 14.4. The molecule has 1 amide bonds. The summed E-state index contributed by atoms with van der Waals surface area (Å²) in [7, 11) is -3.58. The van der Waals surface area contributed by atoms with Crippen molar-refractivity contribution in [1.29, 1.82) is 0 Å². The largest absolute Gasteiger partial charge is 0.452 e. The van der Waals surface area contributed by atoms with Crippen LogP contribution in [0.25, 0.3) is 0 Å². The number of rotatable bonds is 10. The smallest absolute Gasteiger partial charge is 0.338 e. The fourth-order valence-corrected chi connectivity index (χ4v) is 4.69. The Hall–Kier alpha value is -2.19. The van der Waals surface area contributed by atoms with Crippen LogP contribution in [0.5, 0.6) is 0 Å². The van der Waals surface area contributed by atoms with Gasteiger partial charge in [-0.25, -0.2) is 13.2 Å². The highest BCUT2D eigenvalue weighted by molar-refractivity contribution is 7.89. The molecule has 0 spiro atoms. The molecule has 29 heavy (non-hydrogen) atoms. The number of hydrogen-bond donors (Lipinski definition) is 1. The molecule has 1 aliphatic carbocycles. The van der Waals surface area contributed by atoms with Crippen LogP contribution < -0.4 is 5.32 Å². The minimum Gasteiger partial charge on any atom is -0.452 e. The molecule has 2 rings (SSSR count). The molecular formula is C21H30N2O5S. The molecule has 160 valence electrons. The van der Waals surface area contributed by atoms with Crippen LogP contribution in [0.2, 0.25) is 0 Å². The summed E-state index contributed by atoms with van der Waals surface area (Å²) in [4.78, 5) is 24.1. The van der Waals surface area contributed by atoms with E-state index >= 15 is 0 Å². The summed E-state index contributed by atoms with van der Waals surface area (Å²) in [6, 6.07) is 5.54. The lowest BCUT2D eigenvalue weighted by Gasteiger charge is -2.18. The van der Waals surface area contributed by atoms with Gasteiger partial charge in [-0.15, -0.1) is 0 Å². The average Bonchev–Trinajstić information content (AvgIpc) is 2.73. The van der Waals surface area contributed by atoms with Gasteiger partial charge in [0.05, 0.1) is 10.5 Å². The van der Waals surface area contributed by atoms with Gasteiger partial charge < -0.3 is 10.1 Å². The zero-order chi connectivity index (χ0) is 21.3. The Morgan fingerprint density at radius 3 is 2.38 bits per heavy atom. The van der Waals surface area contributed by atoms with Crippen molar-refractivity contribution in [2.75, 3.05) is 26.2 Å². The quantitative estimate of drug-likeness (QED) is 0.462. The van der Waals surface area contributed by atoms with Crippen molar-refractivity contribution in [1.82, 2.24) is 9.62 Å². The Morgan fingerprint density at radius 1 is 1.10 bits per heavy atom. The first-order valence-corrected chi connectivity index (χ1v) is 11.5. The second-order valence-electron chi connectivity index (χ2n) is 6.90. The molecule has 0 radical (unpaired) electrons. The van der Waals surface area contributed by atoms with Gasteiger partial charge in [0.25, 0.3) is 5.91 Å². The van der Waals surface area contributed by atoms with Gasteiger partial charge >= 0.3 is 5.97 Å². The minimum atomic E-state index is -3.58. The molecular weight excluding hydrogens is 392 g/mol. The Balaban J connectivity index is 1.81. The molecule has 0 heterocycles. The zero-order valence-electron chi connectivity index (χ0n) is 17.1. The third kappa shape index (κ3) is 6.68. The SMILES string of the molecule is CCN(CC)S(=O)(=O)c1ccc(C(=O)OCC(=O)NCCC2=CCCCC2)cc1. The summed E-state index contributed by atoms with van der Waals surface area (Å²) in [6.07, 6.45) is 7.68. The molecule has 0 fully saturated rings. The number of esters is 1. The molecule has 0 atom stereocenters. The maximum atomic E-state index is 12.5. The van der Waals surface area contributed by atoms with Crippen LogP contribution in [0, 0.1) is 0 Å². The Labute approximate surface area is 173 Å². The summed E-state index contributed by atoms with van der Waals surface area (Å²) in [5, 5.41) is 2.75. The highest BCUT2D eigenvalue weighted by atomic mass is 32.2. The van der Waals surface area contributed by atoms with Crippen molar-refractivity contribution in [3.8, 4) is 0 Å². The highest BCUT2D eigenvalue weighted by Gasteiger charge is 2.22. The van der Waals surface area contributed by atoms with Crippen molar-refractivity contribution in [2.45, 2.75) is 50.8 Å². The first kappa shape index (κ1) is 23.1. The third-order valence-electron chi connectivity index (χ3n) is 4.92. The molecule has 0 bridgehead atoms. The van der Waals surface area contributed by atoms with E-state index in [2.05, 4.69) is 11.4 Å². The number of sulfonamides is 1. The topological polar surface area (TPSA) is 92.8 Å². The average molecular weight is 423 g/mol. The lowest BCUT2D eigenvalue weighted by Crippen LogP contribution is -2.30. The number of ether oxygens (including phenoxy) is 1. The van der Waals surface area contributed by atoms with E-state index < -0.39 is 16.0 Å². The first-order valence-electron chi connectivity index (χ1n) is 10.1. The molecule has 0 saturated heterocycles. The second kappa shape index (κ2) is 11.1. The maximum absolute atomic E-state index is 12.5. The van der Waals surface area contributed by atoms with Gasteiger partial charge in [-0.3, -0.25) is 4.79 Å². The monoisotopic (exact) mass is 422 g/mol. The summed E-state index contributed by atoms with van der Waals surface area (Å²) in [5.41, 5.74) is 1.57. The van der Waals surface area contributed by atoms with E-state index in [1.54, 1.807) is 13.8 Å². The molecule has 1 aromatic carbocycles. The highest BCUT2D eigenvalue weighted by Crippen LogP contribution is 2.19. The van der Waals surface area contributed by atoms with Gasteiger partial charge in [0.1, 0.15) is 0 Å². The number of hydrogen-bond acceptors (Lipinski definition) is 5. The van der Waals surface area contributed by atoms with Crippen LogP contribution in [-0.4, -0.2) is 50.8 Å². The molecule has 1 aliphatic rings. The van der Waals surface area contributed by atoms with Crippen molar-refractivity contribution in [3.05, 3.63) is 41.5 Å². The van der Waals surface area contributed by atoms with E-state index in [0.717, 1.165) is 19.3 Å². The number of nitrogens with zero attached hydrogens (tertiary/aromatic N) is 1. The van der Waals surface area contributed by atoms with Crippen molar-refractivity contribution in [2.24, 2.45) is 0 Å². The summed E-state index contributed by atoms with van der Waals surface area (Å²) >= 11 is 0. The van der Waals surface area contributed by atoms with Crippen LogP contribution in [0.4, 0.5) is 0 Å². The van der Waals surface area contributed by atoms with E-state index in [4.69, 9.17) is 4.74 Å². The van der Waals surface area contributed by atoms with Gasteiger partial charge in [-0.1, -0.05) is 25.5 Å². The van der Waals surface area contributed by atoms with Crippen LogP contribution in [-0.2, 0) is 19.6 Å². The van der Waals surface area contributed by atoms with Crippen molar-refractivity contribution in [3.63, 3.8) is 0 Å². The van der Waals surface area contributed by atoms with Gasteiger partial charge in [-0.2, -0.15) is 4.31 Å². The first-order chi connectivity index (χ1) is 13.9. The molecule has 8 heteroatoms. The Morgan fingerprint density at radius 2 is 1.79 bits per heavy atom. The summed E-state index contributed by atoms with van der Waals surface area (Å²) in [6.45, 7) is 4.44. The van der Waals surface area contributed by atoms with E-state index in [9.17, 15) is 18.0 Å². The fourth-order valence-electron chi connectivity index (χ4n) is 3.24. The lowest BCUT2D eigenvalue weighted by molar-refractivity contribution is -0.124. The van der Waals surface area contributed by atoms with E-state index in [-0.39, 0.29) is 23.0 Å². The zero-order valence-corrected chi connectivity index (χ0v) is 18.0. The predicted molar refractivity (Wildman–Crippen MR) is 111 cm³/mol. The van der Waals surface area contributed by atoms with Gasteiger partial charge in [0.15, 0.2) is 6.61 Å². The molecule has 1 aromatic rings. The van der Waals surface area contributed by atoms with Crippen molar-refractivity contribution < 1.29 is 22.7 Å². The fraction of sp³-hybridized carbons (Fsp3) is 0.524. The van der Waals surface area contributed by atoms with Gasteiger partial charge in [0.2, 0.25) is 10.0 Å². The van der Waals surface area contributed by atoms with Crippen LogP contribution in [0.15, 0.2) is 40.8 Å². The molecule has 0 aliphatic heterocycles. The van der Waals surface area contributed by atoms with E-state index in [0.29, 0.717) is 19.6 Å². The Kier molecular flexibility index (Phi) is 8.85. The van der Waals surface area contributed by atoms with Crippen LogP contribution >= 0.6 is 0 Å². The molecule has 0 saturated carbocycles. The Bertz CT molecular complexity index is 827. The van der Waals surface area contributed by atoms with Crippen LogP contribution in [0.1, 0.15) is 56.3 Å². The second-order valence-corrected chi connectivity index (χ2v) is 8.84. The van der Waals surface area contributed by atoms with E-state index in [1.165, 1.54) is 47.0 Å². The minimum absolute atomic E-state index is 0.118. The number of carbonyl (C=O) groups is 2. The molecule has 1 N–H and O–H groups in total. The number of carbonyl (C=O) groups excluding carboxylic acids is 2. The lowest BCUT2D eigenvalue weighted by atomic mass is 9.97. The summed E-state index contributed by atoms with van der Waals surface area (Å²) < 4.78 is 31.3. The number of allylic oxidation sites excluding steroid dienone is 1. The summed E-state index contributed by atoms with van der Waals surface area (Å²) in [5.74, 6) is -1.02. The van der Waals surface area contributed by atoms with Crippen molar-refractivity contribution >= 4 is 21.9 Å². The van der Waals surface area contributed by atoms with Gasteiger partial charge in [-0.05, 0) is 56.4 Å². The molecule has 7 nitrogen and oxygen atoms in total. The molecule has 0 aromatic heterocycles. The number of benzene rings is 1.